The van der Waals surface area contributed by atoms with Crippen LogP contribution in [0.4, 0.5) is 10.8 Å². The zero-order chi connectivity index (χ0) is 9.26. The molecule has 0 aromatic carbocycles. The van der Waals surface area contributed by atoms with E-state index in [4.69, 9.17) is 4.52 Å². The molecule has 13 heavy (non-hydrogen) atoms. The van der Waals surface area contributed by atoms with Gasteiger partial charge in [-0.2, -0.15) is 0 Å². The molecule has 2 rings (SSSR count). The molecule has 1 N–H and O–H groups in total. The first kappa shape index (κ1) is 8.25. The SMILES string of the molecule is Cc1noc(C)c1Nc1nccs1. The summed E-state index contributed by atoms with van der Waals surface area (Å²) in [6.07, 6.45) is 1.76. The van der Waals surface area contributed by atoms with Gasteiger partial charge < -0.3 is 9.84 Å². The lowest BCUT2D eigenvalue weighted by atomic mass is 10.3. The number of hydrogen-bond acceptors (Lipinski definition) is 5. The van der Waals surface area contributed by atoms with Crippen molar-refractivity contribution in [2.45, 2.75) is 13.8 Å². The smallest absolute Gasteiger partial charge is 0.187 e. The Kier molecular flexibility index (Phi) is 2.02. The van der Waals surface area contributed by atoms with E-state index in [9.17, 15) is 0 Å². The summed E-state index contributed by atoms with van der Waals surface area (Å²) in [4.78, 5) is 4.11. The van der Waals surface area contributed by atoms with Crippen LogP contribution in [0.1, 0.15) is 11.5 Å². The van der Waals surface area contributed by atoms with Crippen LogP contribution in [0.25, 0.3) is 0 Å². The maximum atomic E-state index is 5.01. The van der Waals surface area contributed by atoms with E-state index in [0.29, 0.717) is 0 Å². The molecule has 4 nitrogen and oxygen atoms in total. The molecule has 5 heteroatoms. The van der Waals surface area contributed by atoms with E-state index < -0.39 is 0 Å². The van der Waals surface area contributed by atoms with Gasteiger partial charge in [-0.1, -0.05) is 5.16 Å². The van der Waals surface area contributed by atoms with Gasteiger partial charge in [0.1, 0.15) is 11.4 Å². The molecule has 0 bridgehead atoms. The average molecular weight is 195 g/mol. The van der Waals surface area contributed by atoms with Crippen molar-refractivity contribution in [3.05, 3.63) is 23.0 Å². The molecule has 2 aromatic rings. The quantitative estimate of drug-likeness (QED) is 0.799. The minimum atomic E-state index is 0.785. The Labute approximate surface area is 79.6 Å². The molecule has 0 saturated carbocycles. The molecule has 0 atom stereocenters. The molecule has 2 aromatic heterocycles. The zero-order valence-corrected chi connectivity index (χ0v) is 8.18. The highest BCUT2D eigenvalue weighted by Gasteiger charge is 2.09. The molecule has 0 aliphatic carbocycles. The van der Waals surface area contributed by atoms with E-state index in [-0.39, 0.29) is 0 Å². The van der Waals surface area contributed by atoms with Crippen molar-refractivity contribution in [1.82, 2.24) is 10.1 Å². The van der Waals surface area contributed by atoms with Crippen LogP contribution in [0.5, 0.6) is 0 Å². The Hall–Kier alpha value is -1.36. The van der Waals surface area contributed by atoms with Crippen molar-refractivity contribution >= 4 is 22.2 Å². The number of anilines is 2. The second-order valence-corrected chi connectivity index (χ2v) is 3.56. The number of hydrogen-bond donors (Lipinski definition) is 1. The third-order valence-electron chi connectivity index (χ3n) is 1.70. The molecule has 0 fully saturated rings. The Bertz CT molecular complexity index is 374. The van der Waals surface area contributed by atoms with E-state index in [1.165, 1.54) is 0 Å². The van der Waals surface area contributed by atoms with Crippen molar-refractivity contribution < 1.29 is 4.52 Å². The van der Waals surface area contributed by atoms with Crippen LogP contribution in [0.3, 0.4) is 0 Å². The van der Waals surface area contributed by atoms with Gasteiger partial charge in [0.05, 0.1) is 0 Å². The van der Waals surface area contributed by atoms with Gasteiger partial charge in [-0.25, -0.2) is 4.98 Å². The number of nitrogens with zero attached hydrogens (tertiary/aromatic N) is 2. The molecule has 0 radical (unpaired) electrons. The maximum Gasteiger partial charge on any atom is 0.187 e. The molecular weight excluding hydrogens is 186 g/mol. The van der Waals surface area contributed by atoms with Gasteiger partial charge in [0, 0.05) is 11.6 Å². The highest BCUT2D eigenvalue weighted by molar-refractivity contribution is 7.13. The standard InChI is InChI=1S/C8H9N3OS/c1-5-7(6(2)12-11-5)10-8-9-3-4-13-8/h3-4H,1-2H3,(H,9,10). The zero-order valence-electron chi connectivity index (χ0n) is 7.37. The van der Waals surface area contributed by atoms with Gasteiger partial charge in [-0.05, 0) is 13.8 Å². The van der Waals surface area contributed by atoms with Crippen LogP contribution in [0.15, 0.2) is 16.1 Å². The molecular formula is C8H9N3OS. The van der Waals surface area contributed by atoms with Crippen LogP contribution < -0.4 is 5.32 Å². The summed E-state index contributed by atoms with van der Waals surface area (Å²) in [5.41, 5.74) is 1.77. The van der Waals surface area contributed by atoms with Crippen LogP contribution in [-0.4, -0.2) is 10.1 Å². The number of nitrogens with one attached hydrogen (secondary N) is 1. The minimum absolute atomic E-state index is 0.785. The summed E-state index contributed by atoms with van der Waals surface area (Å²) < 4.78 is 5.01. The lowest BCUT2D eigenvalue weighted by Gasteiger charge is -1.98. The van der Waals surface area contributed by atoms with E-state index in [1.807, 2.05) is 19.2 Å². The Morgan fingerprint density at radius 2 is 2.31 bits per heavy atom. The number of aryl methyl sites for hydroxylation is 2. The van der Waals surface area contributed by atoms with Crippen molar-refractivity contribution in [3.8, 4) is 0 Å². The predicted molar refractivity (Wildman–Crippen MR) is 51.4 cm³/mol. The first-order chi connectivity index (χ1) is 6.27. The number of thiazole rings is 1. The number of rotatable bonds is 2. The highest BCUT2D eigenvalue weighted by atomic mass is 32.1. The Balaban J connectivity index is 2.27. The lowest BCUT2D eigenvalue weighted by molar-refractivity contribution is 0.393. The van der Waals surface area contributed by atoms with Gasteiger partial charge in [0.15, 0.2) is 10.9 Å². The van der Waals surface area contributed by atoms with E-state index in [1.54, 1.807) is 17.5 Å². The molecule has 0 aliphatic rings. The fourth-order valence-electron chi connectivity index (χ4n) is 1.05. The third kappa shape index (κ3) is 1.55. The summed E-state index contributed by atoms with van der Waals surface area (Å²) in [7, 11) is 0. The van der Waals surface area contributed by atoms with Crippen molar-refractivity contribution in [3.63, 3.8) is 0 Å². The fraction of sp³-hybridized carbons (Fsp3) is 0.250. The van der Waals surface area contributed by atoms with Gasteiger partial charge in [0.2, 0.25) is 0 Å². The molecule has 0 amide bonds. The Morgan fingerprint density at radius 3 is 2.85 bits per heavy atom. The van der Waals surface area contributed by atoms with Crippen LogP contribution in [0, 0.1) is 13.8 Å². The molecule has 2 heterocycles. The minimum Gasteiger partial charge on any atom is -0.359 e. The molecule has 0 unspecified atom stereocenters. The first-order valence-electron chi connectivity index (χ1n) is 3.87. The van der Waals surface area contributed by atoms with Gasteiger partial charge in [-0.3, -0.25) is 0 Å². The van der Waals surface area contributed by atoms with Gasteiger partial charge in [-0.15, -0.1) is 11.3 Å². The molecule has 0 spiro atoms. The van der Waals surface area contributed by atoms with E-state index in [0.717, 1.165) is 22.3 Å². The summed E-state index contributed by atoms with van der Waals surface area (Å²) in [6.45, 7) is 3.77. The van der Waals surface area contributed by atoms with Crippen molar-refractivity contribution in [2.75, 3.05) is 5.32 Å². The summed E-state index contributed by atoms with van der Waals surface area (Å²) in [5.74, 6) is 0.785. The fourth-order valence-corrected chi connectivity index (χ4v) is 1.59. The molecule has 0 saturated heterocycles. The van der Waals surface area contributed by atoms with Gasteiger partial charge >= 0.3 is 0 Å². The summed E-state index contributed by atoms with van der Waals surface area (Å²) in [6, 6.07) is 0. The van der Waals surface area contributed by atoms with E-state index in [2.05, 4.69) is 15.5 Å². The largest absolute Gasteiger partial charge is 0.359 e. The maximum absolute atomic E-state index is 5.01. The second-order valence-electron chi connectivity index (χ2n) is 2.66. The van der Waals surface area contributed by atoms with Crippen molar-refractivity contribution in [1.29, 1.82) is 0 Å². The molecule has 0 aliphatic heterocycles. The normalized spacial score (nSPS) is 10.3. The second kappa shape index (κ2) is 3.18. The van der Waals surface area contributed by atoms with Crippen LogP contribution in [-0.2, 0) is 0 Å². The predicted octanol–water partition coefficient (Wildman–Crippen LogP) is 2.49. The Morgan fingerprint density at radius 1 is 1.46 bits per heavy atom. The van der Waals surface area contributed by atoms with Crippen LogP contribution in [0.2, 0.25) is 0 Å². The monoisotopic (exact) mass is 195 g/mol. The lowest BCUT2D eigenvalue weighted by Crippen LogP contribution is -1.91. The van der Waals surface area contributed by atoms with Gasteiger partial charge in [0.25, 0.3) is 0 Å². The van der Waals surface area contributed by atoms with Crippen LogP contribution >= 0.6 is 11.3 Å². The third-order valence-corrected chi connectivity index (χ3v) is 2.39. The molecule has 68 valence electrons. The summed E-state index contributed by atoms with van der Waals surface area (Å²) >= 11 is 1.55. The van der Waals surface area contributed by atoms with E-state index >= 15 is 0 Å². The average Bonchev–Trinajstić information content (AvgIpc) is 2.70. The van der Waals surface area contributed by atoms with Crippen molar-refractivity contribution in [2.24, 2.45) is 0 Å². The first-order valence-corrected chi connectivity index (χ1v) is 4.74. The number of aromatic nitrogens is 2. The summed E-state index contributed by atoms with van der Waals surface area (Å²) in [5, 5.41) is 9.76. The topological polar surface area (TPSA) is 51.0 Å². The highest BCUT2D eigenvalue weighted by Crippen LogP contribution is 2.24.